The molecule has 2 rings (SSSR count). The molecule has 0 atom stereocenters. The molecule has 0 spiro atoms. The van der Waals surface area contributed by atoms with Crippen LogP contribution in [-0.4, -0.2) is 29.2 Å². The van der Waals surface area contributed by atoms with E-state index in [4.69, 9.17) is 15.2 Å². The summed E-state index contributed by atoms with van der Waals surface area (Å²) in [6.45, 7) is 0.252. The molecular weight excluding hydrogens is 258 g/mol. The van der Waals surface area contributed by atoms with Gasteiger partial charge in [0.2, 0.25) is 0 Å². The number of nitrogens with zero attached hydrogens (tertiary/aromatic N) is 2. The Bertz CT molecular complexity index is 607. The molecule has 0 fully saturated rings. The van der Waals surface area contributed by atoms with Crippen molar-refractivity contribution in [1.29, 1.82) is 0 Å². The first-order valence-electron chi connectivity index (χ1n) is 6.18. The number of hydrogen-bond donors (Lipinski definition) is 1. The van der Waals surface area contributed by atoms with Gasteiger partial charge in [-0.05, 0) is 18.2 Å². The topological polar surface area (TPSA) is 79.4 Å². The number of hydrogen-bond acceptors (Lipinski definition) is 5. The third-order valence-corrected chi connectivity index (χ3v) is 2.92. The summed E-state index contributed by atoms with van der Waals surface area (Å²) < 4.78 is 12.2. The summed E-state index contributed by atoms with van der Waals surface area (Å²) in [5.41, 5.74) is 6.48. The smallest absolute Gasteiger partial charge is 0.342 e. The molecule has 20 heavy (non-hydrogen) atoms. The molecule has 1 heterocycles. The molecule has 1 aromatic heterocycles. The lowest BCUT2D eigenvalue weighted by molar-refractivity contribution is 0.0503. The minimum absolute atomic E-state index is 0.252. The second-order valence-electron chi connectivity index (χ2n) is 4.30. The summed E-state index contributed by atoms with van der Waals surface area (Å²) in [5, 5.41) is 0. The van der Waals surface area contributed by atoms with Crippen LogP contribution in [0.25, 0.3) is 0 Å². The molecule has 0 saturated carbocycles. The number of methoxy groups -OCH3 is 1. The average molecular weight is 275 g/mol. The number of carbonyl (C=O) groups is 1. The van der Waals surface area contributed by atoms with Gasteiger partial charge in [0.1, 0.15) is 17.1 Å². The number of ether oxygens (including phenoxy) is 2. The van der Waals surface area contributed by atoms with Crippen molar-refractivity contribution >= 4 is 11.7 Å². The number of imidazole rings is 1. The first-order valence-corrected chi connectivity index (χ1v) is 6.18. The Kier molecular flexibility index (Phi) is 4.24. The molecule has 2 aromatic rings. The average Bonchev–Trinajstić information content (AvgIpc) is 2.84. The van der Waals surface area contributed by atoms with Gasteiger partial charge in [0, 0.05) is 31.5 Å². The number of aryl methyl sites for hydroxylation is 1. The van der Waals surface area contributed by atoms with Gasteiger partial charge in [-0.25, -0.2) is 9.78 Å². The van der Waals surface area contributed by atoms with Crippen LogP contribution in [0.2, 0.25) is 0 Å². The second kappa shape index (κ2) is 6.10. The van der Waals surface area contributed by atoms with Gasteiger partial charge < -0.3 is 19.8 Å². The van der Waals surface area contributed by atoms with Crippen LogP contribution in [-0.2, 0) is 18.2 Å². The zero-order valence-corrected chi connectivity index (χ0v) is 11.5. The highest BCUT2D eigenvalue weighted by molar-refractivity contribution is 5.93. The van der Waals surface area contributed by atoms with Gasteiger partial charge in [0.15, 0.2) is 0 Å². The van der Waals surface area contributed by atoms with Crippen molar-refractivity contribution in [2.24, 2.45) is 7.05 Å². The Balaban J connectivity index is 1.98. The molecule has 6 heteroatoms. The number of nitrogen functional groups attached to an aromatic ring is 1. The Morgan fingerprint density at radius 3 is 2.90 bits per heavy atom. The third kappa shape index (κ3) is 3.09. The van der Waals surface area contributed by atoms with Gasteiger partial charge in [-0.2, -0.15) is 0 Å². The summed E-state index contributed by atoms with van der Waals surface area (Å²) >= 11 is 0. The van der Waals surface area contributed by atoms with E-state index in [0.29, 0.717) is 23.4 Å². The van der Waals surface area contributed by atoms with Gasteiger partial charge in [-0.1, -0.05) is 0 Å². The number of aromatic nitrogens is 2. The highest BCUT2D eigenvalue weighted by Crippen LogP contribution is 2.21. The highest BCUT2D eigenvalue weighted by Gasteiger charge is 2.14. The maximum atomic E-state index is 12.0. The van der Waals surface area contributed by atoms with E-state index in [0.717, 1.165) is 5.82 Å². The number of anilines is 1. The van der Waals surface area contributed by atoms with E-state index in [1.165, 1.54) is 7.11 Å². The first-order chi connectivity index (χ1) is 9.61. The summed E-state index contributed by atoms with van der Waals surface area (Å²) in [5.74, 6) is 0.849. The van der Waals surface area contributed by atoms with Crippen LogP contribution in [0, 0.1) is 0 Å². The second-order valence-corrected chi connectivity index (χ2v) is 4.30. The number of rotatable bonds is 5. The minimum Gasteiger partial charge on any atom is -0.496 e. The minimum atomic E-state index is -0.455. The normalized spacial score (nSPS) is 10.3. The SMILES string of the molecule is COc1ccc(N)cc1C(=O)OCCc1nccn1C. The largest absolute Gasteiger partial charge is 0.496 e. The van der Waals surface area contributed by atoms with E-state index in [1.54, 1.807) is 24.4 Å². The van der Waals surface area contributed by atoms with Crippen molar-refractivity contribution in [3.63, 3.8) is 0 Å². The zero-order valence-electron chi connectivity index (χ0n) is 11.5. The van der Waals surface area contributed by atoms with Crippen LogP contribution < -0.4 is 10.5 Å². The Morgan fingerprint density at radius 1 is 1.45 bits per heavy atom. The molecule has 6 nitrogen and oxygen atoms in total. The van der Waals surface area contributed by atoms with E-state index in [1.807, 2.05) is 17.8 Å². The van der Waals surface area contributed by atoms with Crippen molar-refractivity contribution in [3.8, 4) is 5.75 Å². The summed E-state index contributed by atoms with van der Waals surface area (Å²) in [7, 11) is 3.39. The van der Waals surface area contributed by atoms with Crippen LogP contribution in [0.3, 0.4) is 0 Å². The van der Waals surface area contributed by atoms with Crippen molar-refractivity contribution in [2.75, 3.05) is 19.5 Å². The number of benzene rings is 1. The van der Waals surface area contributed by atoms with Gasteiger partial charge in [-0.15, -0.1) is 0 Å². The molecular formula is C14H17N3O3. The van der Waals surface area contributed by atoms with Crippen LogP contribution in [0.1, 0.15) is 16.2 Å². The van der Waals surface area contributed by atoms with Gasteiger partial charge in [-0.3, -0.25) is 0 Å². The Morgan fingerprint density at radius 2 is 2.25 bits per heavy atom. The summed E-state index contributed by atoms with van der Waals surface area (Å²) in [6.07, 6.45) is 4.11. The lowest BCUT2D eigenvalue weighted by Gasteiger charge is -2.09. The lowest BCUT2D eigenvalue weighted by Crippen LogP contribution is -2.11. The van der Waals surface area contributed by atoms with Gasteiger partial charge >= 0.3 is 5.97 Å². The number of esters is 1. The van der Waals surface area contributed by atoms with E-state index in [-0.39, 0.29) is 6.61 Å². The molecule has 1 aromatic carbocycles. The monoisotopic (exact) mass is 275 g/mol. The molecule has 0 aliphatic heterocycles. The molecule has 0 aliphatic carbocycles. The Labute approximate surface area is 117 Å². The maximum Gasteiger partial charge on any atom is 0.342 e. The molecule has 0 saturated heterocycles. The van der Waals surface area contributed by atoms with Crippen LogP contribution in [0.4, 0.5) is 5.69 Å². The fourth-order valence-corrected chi connectivity index (χ4v) is 1.84. The highest BCUT2D eigenvalue weighted by atomic mass is 16.5. The molecule has 2 N–H and O–H groups in total. The fourth-order valence-electron chi connectivity index (χ4n) is 1.84. The molecule has 0 aliphatic rings. The molecule has 0 radical (unpaired) electrons. The van der Waals surface area contributed by atoms with Gasteiger partial charge in [0.05, 0.1) is 13.7 Å². The third-order valence-electron chi connectivity index (χ3n) is 2.92. The molecule has 0 bridgehead atoms. The van der Waals surface area contributed by atoms with Crippen LogP contribution >= 0.6 is 0 Å². The van der Waals surface area contributed by atoms with Crippen molar-refractivity contribution in [1.82, 2.24) is 9.55 Å². The quantitative estimate of drug-likeness (QED) is 0.659. The predicted molar refractivity (Wildman–Crippen MR) is 74.6 cm³/mol. The molecule has 0 unspecified atom stereocenters. The predicted octanol–water partition coefficient (Wildman–Crippen LogP) is 1.41. The number of nitrogens with two attached hydrogens (primary N) is 1. The van der Waals surface area contributed by atoms with Crippen molar-refractivity contribution in [2.45, 2.75) is 6.42 Å². The zero-order chi connectivity index (χ0) is 14.5. The standard InChI is InChI=1S/C14H17N3O3/c1-17-7-6-16-13(17)5-8-20-14(18)11-9-10(15)3-4-12(11)19-2/h3-4,6-7,9H,5,8,15H2,1-2H3. The first kappa shape index (κ1) is 13.9. The number of carbonyl (C=O) groups excluding carboxylic acids is 1. The van der Waals surface area contributed by atoms with E-state index in [9.17, 15) is 4.79 Å². The van der Waals surface area contributed by atoms with E-state index < -0.39 is 5.97 Å². The molecule has 0 amide bonds. The van der Waals surface area contributed by atoms with Gasteiger partial charge in [0.25, 0.3) is 0 Å². The van der Waals surface area contributed by atoms with Crippen molar-refractivity contribution in [3.05, 3.63) is 42.0 Å². The van der Waals surface area contributed by atoms with Crippen molar-refractivity contribution < 1.29 is 14.3 Å². The van der Waals surface area contributed by atoms with Crippen LogP contribution in [0.15, 0.2) is 30.6 Å². The Hall–Kier alpha value is -2.50. The van der Waals surface area contributed by atoms with Crippen LogP contribution in [0.5, 0.6) is 5.75 Å². The maximum absolute atomic E-state index is 12.0. The van der Waals surface area contributed by atoms with E-state index in [2.05, 4.69) is 4.98 Å². The lowest BCUT2D eigenvalue weighted by atomic mass is 10.2. The summed E-state index contributed by atoms with van der Waals surface area (Å²) in [6, 6.07) is 4.86. The summed E-state index contributed by atoms with van der Waals surface area (Å²) in [4.78, 5) is 16.2. The molecule has 106 valence electrons. The fraction of sp³-hybridized carbons (Fsp3) is 0.286. The van der Waals surface area contributed by atoms with E-state index >= 15 is 0 Å².